The highest BCUT2D eigenvalue weighted by molar-refractivity contribution is 5.98. The van der Waals surface area contributed by atoms with Crippen molar-refractivity contribution < 1.29 is 33.8 Å². The second-order valence-corrected chi connectivity index (χ2v) is 8.63. The summed E-state index contributed by atoms with van der Waals surface area (Å²) in [5, 5.41) is 15.1. The third kappa shape index (κ3) is 9.50. The minimum Gasteiger partial charge on any atom is -0.456 e. The largest absolute Gasteiger partial charge is 0.456 e. The summed E-state index contributed by atoms with van der Waals surface area (Å²) in [6, 6.07) is 14.9. The van der Waals surface area contributed by atoms with Crippen LogP contribution in [-0.4, -0.2) is 53.7 Å². The number of rotatable bonds is 13. The van der Waals surface area contributed by atoms with Gasteiger partial charge in [0.15, 0.2) is 18.4 Å². The molecule has 9 nitrogen and oxygen atoms in total. The Labute approximate surface area is 211 Å². The molecule has 2 rings (SSSR count). The number of aliphatic hydroxyl groups excluding tert-OH is 1. The number of amides is 2. The quantitative estimate of drug-likeness (QED) is 0.286. The van der Waals surface area contributed by atoms with Crippen molar-refractivity contribution in [2.45, 2.75) is 58.4 Å². The molecule has 0 saturated carbocycles. The molecule has 9 heteroatoms. The number of Topliss-reactive ketones (excluding diaryl/α,β-unsaturated/α-hetero) is 1. The number of hydrogen-bond donors (Lipinski definition) is 3. The zero-order valence-electron chi connectivity index (χ0n) is 20.8. The Kier molecular flexibility index (Phi) is 11.6. The van der Waals surface area contributed by atoms with Gasteiger partial charge in [-0.1, -0.05) is 80.9 Å². The first-order valence-electron chi connectivity index (χ1n) is 11.9. The minimum absolute atomic E-state index is 0.0302. The molecule has 36 heavy (non-hydrogen) atoms. The highest BCUT2D eigenvalue weighted by Gasteiger charge is 2.32. The number of carbonyl (C=O) groups is 4. The Balaban J connectivity index is 1.99. The smallest absolute Gasteiger partial charge is 0.408 e. The maximum absolute atomic E-state index is 13.0. The summed E-state index contributed by atoms with van der Waals surface area (Å²) < 4.78 is 10.3. The van der Waals surface area contributed by atoms with Gasteiger partial charge in [0.05, 0.1) is 6.10 Å². The minimum atomic E-state index is -1.43. The number of ketones is 1. The molecule has 0 fully saturated rings. The molecule has 0 aliphatic rings. The van der Waals surface area contributed by atoms with E-state index in [2.05, 4.69) is 10.6 Å². The normalized spacial score (nSPS) is 14.0. The van der Waals surface area contributed by atoms with Crippen LogP contribution in [0.15, 0.2) is 60.7 Å². The SMILES string of the molecule is CCC(C)C[C@H](NC(=O)OCc1ccccc1)C(=O)N[C@H](C(=O)OCC(=O)c1ccccc1)[C@@H](C)O. The molecular weight excluding hydrogens is 464 g/mol. The Bertz CT molecular complexity index is 996. The van der Waals surface area contributed by atoms with Gasteiger partial charge < -0.3 is 25.2 Å². The van der Waals surface area contributed by atoms with E-state index < -0.39 is 48.5 Å². The number of esters is 1. The lowest BCUT2D eigenvalue weighted by Crippen LogP contribution is -2.55. The van der Waals surface area contributed by atoms with Crippen LogP contribution in [0.1, 0.15) is 49.5 Å². The summed E-state index contributed by atoms with van der Waals surface area (Å²) in [5.74, 6) is -1.98. The van der Waals surface area contributed by atoms with Gasteiger partial charge in [-0.05, 0) is 24.8 Å². The van der Waals surface area contributed by atoms with E-state index in [1.54, 1.807) is 42.5 Å². The molecule has 4 atom stereocenters. The highest BCUT2D eigenvalue weighted by Crippen LogP contribution is 2.12. The second kappa shape index (κ2) is 14.6. The van der Waals surface area contributed by atoms with Gasteiger partial charge in [0, 0.05) is 5.56 Å². The van der Waals surface area contributed by atoms with Crippen molar-refractivity contribution in [1.29, 1.82) is 0 Å². The van der Waals surface area contributed by atoms with Gasteiger partial charge >= 0.3 is 12.1 Å². The van der Waals surface area contributed by atoms with Gasteiger partial charge in [-0.2, -0.15) is 0 Å². The number of benzene rings is 2. The summed E-state index contributed by atoms with van der Waals surface area (Å²) in [5.41, 5.74) is 1.16. The van der Waals surface area contributed by atoms with Crippen molar-refractivity contribution in [3.63, 3.8) is 0 Å². The molecule has 0 spiro atoms. The standard InChI is InChI=1S/C27H34N2O7/c1-4-18(2)15-22(28-27(34)36-16-20-11-7-5-8-12-20)25(32)29-24(19(3)30)26(33)35-17-23(31)21-13-9-6-10-14-21/h5-14,18-19,22,24,30H,4,15-17H2,1-3H3,(H,28,34)(H,29,32)/t18?,19-,22+,24+/m1/s1. The van der Waals surface area contributed by atoms with Crippen LogP contribution in [0.2, 0.25) is 0 Å². The van der Waals surface area contributed by atoms with Gasteiger partial charge in [0.1, 0.15) is 12.6 Å². The van der Waals surface area contributed by atoms with Crippen molar-refractivity contribution >= 4 is 23.8 Å². The molecule has 2 aromatic carbocycles. The Morgan fingerprint density at radius 3 is 2.08 bits per heavy atom. The first-order chi connectivity index (χ1) is 17.2. The van der Waals surface area contributed by atoms with Gasteiger partial charge in [-0.25, -0.2) is 9.59 Å². The lowest BCUT2D eigenvalue weighted by Gasteiger charge is -2.25. The molecule has 0 radical (unpaired) electrons. The van der Waals surface area contributed by atoms with Crippen molar-refractivity contribution in [3.05, 3.63) is 71.8 Å². The molecule has 3 N–H and O–H groups in total. The summed E-state index contributed by atoms with van der Waals surface area (Å²) in [6.07, 6.45) is -1.04. The molecule has 0 aliphatic carbocycles. The lowest BCUT2D eigenvalue weighted by molar-refractivity contribution is -0.150. The van der Waals surface area contributed by atoms with Crippen molar-refractivity contribution in [2.75, 3.05) is 6.61 Å². The number of aliphatic hydroxyl groups is 1. The number of ether oxygens (including phenoxy) is 2. The average Bonchev–Trinajstić information content (AvgIpc) is 2.89. The summed E-state index contributed by atoms with van der Waals surface area (Å²) in [7, 11) is 0. The summed E-state index contributed by atoms with van der Waals surface area (Å²) in [4.78, 5) is 50.2. The Morgan fingerprint density at radius 1 is 0.889 bits per heavy atom. The average molecular weight is 499 g/mol. The first kappa shape index (κ1) is 28.5. The van der Waals surface area contributed by atoms with E-state index in [4.69, 9.17) is 9.47 Å². The summed E-state index contributed by atoms with van der Waals surface area (Å²) in [6.45, 7) is 4.68. The molecule has 0 bridgehead atoms. The van der Waals surface area contributed by atoms with Crippen LogP contribution in [0.3, 0.4) is 0 Å². The Morgan fingerprint density at radius 2 is 1.50 bits per heavy atom. The monoisotopic (exact) mass is 498 g/mol. The third-order valence-corrected chi connectivity index (χ3v) is 5.63. The number of carbonyl (C=O) groups excluding carboxylic acids is 4. The fourth-order valence-corrected chi connectivity index (χ4v) is 3.27. The maximum atomic E-state index is 13.0. The number of hydrogen-bond acceptors (Lipinski definition) is 7. The van der Waals surface area contributed by atoms with Crippen LogP contribution in [-0.2, 0) is 25.7 Å². The second-order valence-electron chi connectivity index (χ2n) is 8.63. The molecule has 0 saturated heterocycles. The Hall–Kier alpha value is -3.72. The van der Waals surface area contributed by atoms with Gasteiger partial charge in [-0.15, -0.1) is 0 Å². The predicted molar refractivity (Wildman–Crippen MR) is 133 cm³/mol. The molecule has 2 aromatic rings. The van der Waals surface area contributed by atoms with Gasteiger partial charge in [0.25, 0.3) is 0 Å². The van der Waals surface area contributed by atoms with E-state index in [0.717, 1.165) is 12.0 Å². The van der Waals surface area contributed by atoms with Gasteiger partial charge in [0.2, 0.25) is 5.91 Å². The van der Waals surface area contributed by atoms with Crippen LogP contribution < -0.4 is 10.6 Å². The number of nitrogens with one attached hydrogen (secondary N) is 2. The first-order valence-corrected chi connectivity index (χ1v) is 11.9. The third-order valence-electron chi connectivity index (χ3n) is 5.63. The van der Waals surface area contributed by atoms with E-state index >= 15 is 0 Å². The molecule has 194 valence electrons. The predicted octanol–water partition coefficient (Wildman–Crippen LogP) is 3.01. The summed E-state index contributed by atoms with van der Waals surface area (Å²) >= 11 is 0. The molecule has 0 aromatic heterocycles. The van der Waals surface area contributed by atoms with E-state index in [9.17, 15) is 24.3 Å². The fourth-order valence-electron chi connectivity index (χ4n) is 3.27. The van der Waals surface area contributed by atoms with Crippen molar-refractivity contribution in [2.24, 2.45) is 5.92 Å². The molecule has 0 heterocycles. The highest BCUT2D eigenvalue weighted by atomic mass is 16.5. The lowest BCUT2D eigenvalue weighted by atomic mass is 9.98. The van der Waals surface area contributed by atoms with Crippen molar-refractivity contribution in [3.8, 4) is 0 Å². The number of alkyl carbamates (subject to hydrolysis) is 1. The maximum Gasteiger partial charge on any atom is 0.408 e. The zero-order valence-corrected chi connectivity index (χ0v) is 20.8. The van der Waals surface area contributed by atoms with Crippen molar-refractivity contribution in [1.82, 2.24) is 10.6 Å². The topological polar surface area (TPSA) is 131 Å². The zero-order chi connectivity index (χ0) is 26.5. The fraction of sp³-hybridized carbons (Fsp3) is 0.407. The van der Waals surface area contributed by atoms with E-state index in [1.807, 2.05) is 32.0 Å². The van der Waals surface area contributed by atoms with Crippen LogP contribution in [0.25, 0.3) is 0 Å². The van der Waals surface area contributed by atoms with E-state index in [-0.39, 0.29) is 18.9 Å². The van der Waals surface area contributed by atoms with Crippen LogP contribution in [0, 0.1) is 5.92 Å². The van der Waals surface area contributed by atoms with Gasteiger partial charge in [-0.3, -0.25) is 9.59 Å². The van der Waals surface area contributed by atoms with Crippen LogP contribution >= 0.6 is 0 Å². The van der Waals surface area contributed by atoms with E-state index in [0.29, 0.717) is 5.56 Å². The van der Waals surface area contributed by atoms with Crippen LogP contribution in [0.4, 0.5) is 4.79 Å². The van der Waals surface area contributed by atoms with E-state index in [1.165, 1.54) is 6.92 Å². The molecule has 2 amide bonds. The van der Waals surface area contributed by atoms with Crippen LogP contribution in [0.5, 0.6) is 0 Å². The molecule has 1 unspecified atom stereocenters. The molecule has 0 aliphatic heterocycles. The molecular formula is C27H34N2O7.